The number of fused-ring (bicyclic) bond motifs is 1. The molecule has 1 saturated heterocycles. The maximum absolute atomic E-state index is 12.9. The number of nitrogens with zero attached hydrogens (tertiary/aromatic N) is 2. The van der Waals surface area contributed by atoms with Crippen molar-refractivity contribution in [2.75, 3.05) is 29.9 Å². The summed E-state index contributed by atoms with van der Waals surface area (Å²) in [6.07, 6.45) is 3.42. The summed E-state index contributed by atoms with van der Waals surface area (Å²) in [5.41, 5.74) is 4.53. The number of rotatable bonds is 4. The van der Waals surface area contributed by atoms with Gasteiger partial charge in [-0.1, -0.05) is 12.1 Å². The number of amides is 1. The largest absolute Gasteiger partial charge is 0.345 e. The molecule has 2 N–H and O–H groups in total. The van der Waals surface area contributed by atoms with Crippen molar-refractivity contribution in [1.29, 1.82) is 0 Å². The van der Waals surface area contributed by atoms with Crippen LogP contribution < -0.4 is 5.32 Å². The van der Waals surface area contributed by atoms with Crippen LogP contribution in [0.15, 0.2) is 41.1 Å². The van der Waals surface area contributed by atoms with Crippen molar-refractivity contribution in [2.45, 2.75) is 13.5 Å². The summed E-state index contributed by atoms with van der Waals surface area (Å²) < 4.78 is 0.854. The standard InChI is InChI=1S/C20H21BrN4OS/c1-13-14(12-25-7-9-27-10-8-25)3-2-4-17(13)24-20(26)15-11-23-19-18(15)16(21)5-6-22-19/h2-6,11H,7-10,12H2,1H3,(H,22,23)(H,24,26). The summed E-state index contributed by atoms with van der Waals surface area (Å²) in [5.74, 6) is 2.25. The zero-order valence-corrected chi connectivity index (χ0v) is 17.5. The predicted octanol–water partition coefficient (Wildman–Crippen LogP) is 4.43. The third-order valence-corrected chi connectivity index (χ3v) is 6.56. The van der Waals surface area contributed by atoms with Crippen LogP contribution in [0.5, 0.6) is 0 Å². The zero-order valence-electron chi connectivity index (χ0n) is 15.1. The van der Waals surface area contributed by atoms with Crippen molar-refractivity contribution < 1.29 is 4.79 Å². The molecular formula is C20H21BrN4OS. The molecule has 0 aliphatic carbocycles. The fourth-order valence-corrected chi connectivity index (χ4v) is 4.87. The lowest BCUT2D eigenvalue weighted by Gasteiger charge is -2.27. The Labute approximate surface area is 171 Å². The molecule has 27 heavy (non-hydrogen) atoms. The molecule has 1 fully saturated rings. The van der Waals surface area contributed by atoms with Crippen LogP contribution >= 0.6 is 27.7 Å². The van der Waals surface area contributed by atoms with Crippen molar-refractivity contribution in [3.63, 3.8) is 0 Å². The summed E-state index contributed by atoms with van der Waals surface area (Å²) in [6, 6.07) is 7.98. The van der Waals surface area contributed by atoms with Gasteiger partial charge in [-0.15, -0.1) is 0 Å². The monoisotopic (exact) mass is 444 g/mol. The number of aromatic amines is 1. The SMILES string of the molecule is Cc1c(CN2CCSCC2)cccc1NC(=O)c1c[nH]c2nccc(Br)c12. The van der Waals surface area contributed by atoms with Crippen molar-refractivity contribution in [2.24, 2.45) is 0 Å². The maximum atomic E-state index is 12.9. The van der Waals surface area contributed by atoms with Gasteiger partial charge in [0, 0.05) is 59.1 Å². The first-order chi connectivity index (χ1) is 13.1. The van der Waals surface area contributed by atoms with Crippen LogP contribution in [0.2, 0.25) is 0 Å². The Morgan fingerprint density at radius 3 is 2.96 bits per heavy atom. The van der Waals surface area contributed by atoms with E-state index < -0.39 is 0 Å². The Hall–Kier alpha value is -1.83. The number of halogens is 1. The molecule has 2 aromatic heterocycles. The van der Waals surface area contributed by atoms with E-state index in [1.54, 1.807) is 12.4 Å². The Morgan fingerprint density at radius 2 is 2.15 bits per heavy atom. The minimum atomic E-state index is -0.135. The van der Waals surface area contributed by atoms with Gasteiger partial charge in [0.15, 0.2) is 0 Å². The van der Waals surface area contributed by atoms with Gasteiger partial charge in [-0.2, -0.15) is 11.8 Å². The van der Waals surface area contributed by atoms with Crippen LogP contribution in [0, 0.1) is 6.92 Å². The highest BCUT2D eigenvalue weighted by Gasteiger charge is 2.17. The van der Waals surface area contributed by atoms with E-state index in [1.807, 2.05) is 30.0 Å². The lowest BCUT2D eigenvalue weighted by Crippen LogP contribution is -2.32. The number of nitrogens with one attached hydrogen (secondary N) is 2. The minimum Gasteiger partial charge on any atom is -0.345 e. The Kier molecular flexibility index (Phi) is 5.52. The van der Waals surface area contributed by atoms with Crippen LogP contribution in [-0.2, 0) is 6.54 Å². The normalized spacial score (nSPS) is 15.2. The topological polar surface area (TPSA) is 61.0 Å². The number of aromatic nitrogens is 2. The van der Waals surface area contributed by atoms with Crippen LogP contribution in [0.1, 0.15) is 21.5 Å². The minimum absolute atomic E-state index is 0.135. The van der Waals surface area contributed by atoms with Gasteiger partial charge in [-0.05, 0) is 46.1 Å². The fourth-order valence-electron chi connectivity index (χ4n) is 3.38. The highest BCUT2D eigenvalue weighted by atomic mass is 79.9. The first-order valence-electron chi connectivity index (χ1n) is 8.95. The van der Waals surface area contributed by atoms with Crippen molar-refractivity contribution in [1.82, 2.24) is 14.9 Å². The number of hydrogen-bond donors (Lipinski definition) is 2. The van der Waals surface area contributed by atoms with E-state index in [2.05, 4.69) is 49.1 Å². The molecule has 0 bridgehead atoms. The Balaban J connectivity index is 1.56. The van der Waals surface area contributed by atoms with Gasteiger partial charge >= 0.3 is 0 Å². The first kappa shape index (κ1) is 18.5. The van der Waals surface area contributed by atoms with Gasteiger partial charge in [0.1, 0.15) is 5.65 Å². The van der Waals surface area contributed by atoms with Gasteiger partial charge in [-0.3, -0.25) is 9.69 Å². The van der Waals surface area contributed by atoms with E-state index >= 15 is 0 Å². The average molecular weight is 445 g/mol. The number of thioether (sulfide) groups is 1. The van der Waals surface area contributed by atoms with Crippen molar-refractivity contribution >= 4 is 50.3 Å². The number of hydrogen-bond acceptors (Lipinski definition) is 4. The van der Waals surface area contributed by atoms with E-state index in [4.69, 9.17) is 0 Å². The summed E-state index contributed by atoms with van der Waals surface area (Å²) in [7, 11) is 0. The van der Waals surface area contributed by atoms with Crippen LogP contribution in [-0.4, -0.2) is 45.4 Å². The van der Waals surface area contributed by atoms with Crippen molar-refractivity contribution in [3.05, 3.63) is 57.8 Å². The zero-order chi connectivity index (χ0) is 18.8. The first-order valence-corrected chi connectivity index (χ1v) is 10.9. The number of H-pyrrole nitrogens is 1. The highest BCUT2D eigenvalue weighted by Crippen LogP contribution is 2.27. The number of carbonyl (C=O) groups excluding carboxylic acids is 1. The molecule has 1 amide bonds. The van der Waals surface area contributed by atoms with E-state index in [9.17, 15) is 4.79 Å². The maximum Gasteiger partial charge on any atom is 0.257 e. The molecular weight excluding hydrogens is 424 g/mol. The molecule has 0 spiro atoms. The van der Waals surface area contributed by atoms with Crippen LogP contribution in [0.4, 0.5) is 5.69 Å². The molecule has 5 nitrogen and oxygen atoms in total. The van der Waals surface area contributed by atoms with E-state index in [0.717, 1.165) is 40.7 Å². The highest BCUT2D eigenvalue weighted by molar-refractivity contribution is 9.10. The molecule has 0 unspecified atom stereocenters. The second kappa shape index (κ2) is 8.04. The molecule has 1 aromatic carbocycles. The Bertz CT molecular complexity index is 981. The molecule has 0 saturated carbocycles. The van der Waals surface area contributed by atoms with E-state index in [0.29, 0.717) is 11.2 Å². The smallest absolute Gasteiger partial charge is 0.257 e. The third-order valence-electron chi connectivity index (χ3n) is 4.96. The van der Waals surface area contributed by atoms with Gasteiger partial charge in [0.05, 0.1) is 5.56 Å². The molecule has 3 heterocycles. The molecule has 0 atom stereocenters. The molecule has 1 aliphatic heterocycles. The molecule has 1 aliphatic rings. The van der Waals surface area contributed by atoms with Crippen LogP contribution in [0.25, 0.3) is 11.0 Å². The van der Waals surface area contributed by atoms with E-state index in [1.165, 1.54) is 17.1 Å². The molecule has 4 rings (SSSR count). The van der Waals surface area contributed by atoms with Crippen molar-refractivity contribution in [3.8, 4) is 0 Å². The summed E-state index contributed by atoms with van der Waals surface area (Å²) in [4.78, 5) is 22.7. The number of carbonyl (C=O) groups is 1. The molecule has 7 heteroatoms. The lowest BCUT2D eigenvalue weighted by atomic mass is 10.1. The second-order valence-corrected chi connectivity index (χ2v) is 8.73. The molecule has 3 aromatic rings. The summed E-state index contributed by atoms with van der Waals surface area (Å²) in [6.45, 7) is 5.25. The quantitative estimate of drug-likeness (QED) is 0.624. The van der Waals surface area contributed by atoms with Gasteiger partial charge in [0.2, 0.25) is 0 Å². The summed E-state index contributed by atoms with van der Waals surface area (Å²) >= 11 is 5.53. The van der Waals surface area contributed by atoms with Crippen LogP contribution in [0.3, 0.4) is 0 Å². The predicted molar refractivity (Wildman–Crippen MR) is 116 cm³/mol. The Morgan fingerprint density at radius 1 is 1.33 bits per heavy atom. The number of anilines is 1. The van der Waals surface area contributed by atoms with Gasteiger partial charge in [0.25, 0.3) is 5.91 Å². The second-order valence-electron chi connectivity index (χ2n) is 6.65. The third kappa shape index (κ3) is 3.90. The molecule has 140 valence electrons. The molecule has 0 radical (unpaired) electrons. The number of pyridine rings is 1. The average Bonchev–Trinajstić information content (AvgIpc) is 3.11. The van der Waals surface area contributed by atoms with Gasteiger partial charge in [-0.25, -0.2) is 4.98 Å². The lowest BCUT2D eigenvalue weighted by molar-refractivity contribution is 0.102. The van der Waals surface area contributed by atoms with Gasteiger partial charge < -0.3 is 10.3 Å². The number of benzene rings is 1. The van der Waals surface area contributed by atoms with E-state index in [-0.39, 0.29) is 5.91 Å². The fraction of sp³-hybridized carbons (Fsp3) is 0.300. The summed E-state index contributed by atoms with van der Waals surface area (Å²) in [5, 5.41) is 3.88.